The minimum Gasteiger partial charge on any atom is -0.394 e. The van der Waals surface area contributed by atoms with Crippen LogP contribution in [0.5, 0.6) is 0 Å². The fourth-order valence-corrected chi connectivity index (χ4v) is 2.60. The molecule has 1 aliphatic rings. The van der Waals surface area contributed by atoms with Gasteiger partial charge in [-0.25, -0.2) is 15.0 Å². The standard InChI is InChI=1S/C13H19N5O5/c1-21-2-3-22-10-9(20)7(4-19)23-13(10)18-6-17-8-11(14)15-5-16-12(8)18/h5-7,9-10,13,19-20H,2-4H2,1H3,(H2,14,15,16)/t7-,9+,10-,13+/m1/s1. The van der Waals surface area contributed by atoms with Crippen LogP contribution < -0.4 is 5.73 Å². The molecule has 23 heavy (non-hydrogen) atoms. The highest BCUT2D eigenvalue weighted by molar-refractivity contribution is 5.81. The van der Waals surface area contributed by atoms with Gasteiger partial charge in [-0.15, -0.1) is 0 Å². The van der Waals surface area contributed by atoms with E-state index in [9.17, 15) is 10.2 Å². The lowest BCUT2D eigenvalue weighted by molar-refractivity contribution is -0.0785. The van der Waals surface area contributed by atoms with Gasteiger partial charge in [-0.3, -0.25) is 4.57 Å². The molecular weight excluding hydrogens is 306 g/mol. The number of aliphatic hydroxyl groups excluding tert-OH is 2. The van der Waals surface area contributed by atoms with Crippen LogP contribution in [0.4, 0.5) is 5.82 Å². The number of hydrogen-bond donors (Lipinski definition) is 3. The van der Waals surface area contributed by atoms with Crippen molar-refractivity contribution in [2.75, 3.05) is 32.7 Å². The predicted molar refractivity (Wildman–Crippen MR) is 78.4 cm³/mol. The van der Waals surface area contributed by atoms with Crippen LogP contribution in [-0.2, 0) is 14.2 Å². The molecule has 0 aromatic carbocycles. The lowest BCUT2D eigenvalue weighted by atomic mass is 10.1. The predicted octanol–water partition coefficient (Wildman–Crippen LogP) is -1.31. The number of nitrogen functional groups attached to an aromatic ring is 1. The number of nitrogens with zero attached hydrogens (tertiary/aromatic N) is 4. The van der Waals surface area contributed by atoms with Crippen LogP contribution in [0.3, 0.4) is 0 Å². The van der Waals surface area contributed by atoms with Gasteiger partial charge in [0, 0.05) is 7.11 Å². The highest BCUT2D eigenvalue weighted by Gasteiger charge is 2.45. The van der Waals surface area contributed by atoms with Gasteiger partial charge in [-0.2, -0.15) is 0 Å². The van der Waals surface area contributed by atoms with Gasteiger partial charge in [0.2, 0.25) is 0 Å². The van der Waals surface area contributed by atoms with E-state index >= 15 is 0 Å². The summed E-state index contributed by atoms with van der Waals surface area (Å²) in [7, 11) is 1.56. The van der Waals surface area contributed by atoms with Gasteiger partial charge < -0.3 is 30.2 Å². The summed E-state index contributed by atoms with van der Waals surface area (Å²) in [4.78, 5) is 12.2. The van der Waals surface area contributed by atoms with Crippen LogP contribution in [-0.4, -0.2) is 75.0 Å². The molecule has 126 valence electrons. The summed E-state index contributed by atoms with van der Waals surface area (Å²) in [5.74, 6) is 0.253. The van der Waals surface area contributed by atoms with E-state index in [1.165, 1.54) is 12.7 Å². The van der Waals surface area contributed by atoms with E-state index in [1.54, 1.807) is 11.7 Å². The fraction of sp³-hybridized carbons (Fsp3) is 0.615. The molecule has 4 atom stereocenters. The third kappa shape index (κ3) is 2.86. The molecule has 0 spiro atoms. The Labute approximate surface area is 131 Å². The highest BCUT2D eigenvalue weighted by atomic mass is 16.6. The zero-order valence-corrected chi connectivity index (χ0v) is 12.6. The zero-order chi connectivity index (χ0) is 16.4. The van der Waals surface area contributed by atoms with Crippen LogP contribution in [0.25, 0.3) is 11.2 Å². The first-order valence-corrected chi connectivity index (χ1v) is 7.15. The van der Waals surface area contributed by atoms with E-state index in [4.69, 9.17) is 19.9 Å². The number of hydrogen-bond acceptors (Lipinski definition) is 9. The Morgan fingerprint density at radius 2 is 2.17 bits per heavy atom. The largest absolute Gasteiger partial charge is 0.394 e. The van der Waals surface area contributed by atoms with Crippen molar-refractivity contribution in [2.45, 2.75) is 24.5 Å². The Balaban J connectivity index is 1.92. The molecule has 3 heterocycles. The second-order valence-corrected chi connectivity index (χ2v) is 5.15. The molecule has 3 rings (SSSR count). The monoisotopic (exact) mass is 325 g/mol. The third-order valence-corrected chi connectivity index (χ3v) is 3.75. The SMILES string of the molecule is COCCO[C@@H]1[C@@H](O)[C@@H](CO)O[C@@H]1n1cnc2c(N)ncnc21. The first-order valence-electron chi connectivity index (χ1n) is 7.15. The van der Waals surface area contributed by atoms with Crippen LogP contribution in [0.1, 0.15) is 6.23 Å². The molecule has 4 N–H and O–H groups in total. The molecule has 0 bridgehead atoms. The van der Waals surface area contributed by atoms with Gasteiger partial charge in [0.25, 0.3) is 0 Å². The highest BCUT2D eigenvalue weighted by Crippen LogP contribution is 2.33. The van der Waals surface area contributed by atoms with Crippen molar-refractivity contribution in [3.05, 3.63) is 12.7 Å². The first kappa shape index (κ1) is 16.0. The molecule has 2 aromatic rings. The molecule has 0 aliphatic carbocycles. The van der Waals surface area contributed by atoms with Crippen molar-refractivity contribution in [2.24, 2.45) is 0 Å². The summed E-state index contributed by atoms with van der Waals surface area (Å²) in [6.07, 6.45) is -0.317. The fourth-order valence-electron chi connectivity index (χ4n) is 2.60. The lowest BCUT2D eigenvalue weighted by Crippen LogP contribution is -2.36. The van der Waals surface area contributed by atoms with Crippen LogP contribution in [0.2, 0.25) is 0 Å². The maximum Gasteiger partial charge on any atom is 0.167 e. The molecule has 0 unspecified atom stereocenters. The summed E-state index contributed by atoms with van der Waals surface area (Å²) in [6.45, 7) is 0.324. The number of ether oxygens (including phenoxy) is 3. The number of fused-ring (bicyclic) bond motifs is 1. The number of methoxy groups -OCH3 is 1. The number of aromatic nitrogens is 4. The molecule has 10 heteroatoms. The molecule has 1 fully saturated rings. The quantitative estimate of drug-likeness (QED) is 0.553. The van der Waals surface area contributed by atoms with Gasteiger partial charge in [-0.05, 0) is 0 Å². The maximum absolute atomic E-state index is 10.3. The third-order valence-electron chi connectivity index (χ3n) is 3.75. The summed E-state index contributed by atoms with van der Waals surface area (Å²) in [5.41, 5.74) is 6.68. The minimum absolute atomic E-state index is 0.253. The van der Waals surface area contributed by atoms with Gasteiger partial charge in [0.15, 0.2) is 17.7 Å². The van der Waals surface area contributed by atoms with E-state index < -0.39 is 24.5 Å². The van der Waals surface area contributed by atoms with E-state index in [1.807, 2.05) is 0 Å². The van der Waals surface area contributed by atoms with E-state index in [0.717, 1.165) is 0 Å². The van der Waals surface area contributed by atoms with Crippen LogP contribution in [0.15, 0.2) is 12.7 Å². The van der Waals surface area contributed by atoms with Gasteiger partial charge in [0.05, 0.1) is 26.1 Å². The van der Waals surface area contributed by atoms with Crippen molar-refractivity contribution < 1.29 is 24.4 Å². The van der Waals surface area contributed by atoms with Crippen LogP contribution in [0, 0.1) is 0 Å². The Morgan fingerprint density at radius 1 is 1.35 bits per heavy atom. The van der Waals surface area contributed by atoms with E-state index in [0.29, 0.717) is 17.8 Å². The second-order valence-electron chi connectivity index (χ2n) is 5.15. The van der Waals surface area contributed by atoms with Gasteiger partial charge in [0.1, 0.15) is 30.2 Å². The first-order chi connectivity index (χ1) is 11.2. The topological polar surface area (TPSA) is 138 Å². The Bertz CT molecular complexity index is 665. The Morgan fingerprint density at radius 3 is 2.91 bits per heavy atom. The Kier molecular flexibility index (Phi) is 4.68. The van der Waals surface area contributed by atoms with Crippen molar-refractivity contribution in [3.63, 3.8) is 0 Å². The van der Waals surface area contributed by atoms with E-state index in [2.05, 4.69) is 15.0 Å². The second kappa shape index (κ2) is 6.72. The summed E-state index contributed by atoms with van der Waals surface area (Å²) in [6, 6.07) is 0. The van der Waals surface area contributed by atoms with Crippen molar-refractivity contribution in [3.8, 4) is 0 Å². The van der Waals surface area contributed by atoms with Gasteiger partial charge in [-0.1, -0.05) is 0 Å². The average Bonchev–Trinajstić information content (AvgIpc) is 3.10. The average molecular weight is 325 g/mol. The number of nitrogens with two attached hydrogens (primary N) is 1. The molecule has 2 aromatic heterocycles. The smallest absolute Gasteiger partial charge is 0.167 e. The van der Waals surface area contributed by atoms with Crippen molar-refractivity contribution >= 4 is 17.0 Å². The number of aliphatic hydroxyl groups is 2. The van der Waals surface area contributed by atoms with Gasteiger partial charge >= 0.3 is 0 Å². The zero-order valence-electron chi connectivity index (χ0n) is 12.6. The minimum atomic E-state index is -0.988. The number of imidazole rings is 1. The summed E-state index contributed by atoms with van der Waals surface area (Å²) in [5, 5.41) is 19.7. The molecular formula is C13H19N5O5. The molecule has 0 radical (unpaired) electrons. The molecule has 1 saturated heterocycles. The molecule has 0 saturated carbocycles. The molecule has 10 nitrogen and oxygen atoms in total. The maximum atomic E-state index is 10.3. The van der Waals surface area contributed by atoms with Crippen LogP contribution >= 0.6 is 0 Å². The lowest BCUT2D eigenvalue weighted by Gasteiger charge is -2.21. The Hall–Kier alpha value is -1.85. The number of rotatable bonds is 6. The summed E-state index contributed by atoms with van der Waals surface area (Å²) >= 11 is 0. The normalized spacial score (nSPS) is 27.8. The molecule has 1 aliphatic heterocycles. The van der Waals surface area contributed by atoms with Crippen molar-refractivity contribution in [1.82, 2.24) is 19.5 Å². The molecule has 0 amide bonds. The van der Waals surface area contributed by atoms with E-state index in [-0.39, 0.29) is 19.0 Å². The number of anilines is 1. The van der Waals surface area contributed by atoms with Crippen molar-refractivity contribution in [1.29, 1.82) is 0 Å². The summed E-state index contributed by atoms with van der Waals surface area (Å²) < 4.78 is 17.9.